The first-order valence-electron chi connectivity index (χ1n) is 5.21. The number of hydrogen-bond acceptors (Lipinski definition) is 3. The molecule has 1 aromatic carbocycles. The molecule has 0 fully saturated rings. The highest BCUT2D eigenvalue weighted by molar-refractivity contribution is 5.47. The van der Waals surface area contributed by atoms with Gasteiger partial charge in [0, 0.05) is 24.5 Å². The van der Waals surface area contributed by atoms with Crippen LogP contribution in [-0.2, 0) is 6.42 Å². The second kappa shape index (κ2) is 4.82. The van der Waals surface area contributed by atoms with Gasteiger partial charge in [0.2, 0.25) is 0 Å². The van der Waals surface area contributed by atoms with Crippen LogP contribution in [0.15, 0.2) is 36.7 Å². The number of ether oxygens (including phenoxy) is 1. The van der Waals surface area contributed by atoms with Gasteiger partial charge in [-0.1, -0.05) is 6.07 Å². The lowest BCUT2D eigenvalue weighted by Gasteiger charge is -2.07. The molecule has 1 aromatic heterocycles. The van der Waals surface area contributed by atoms with E-state index in [0.717, 1.165) is 11.1 Å². The quantitative estimate of drug-likeness (QED) is 0.884. The third-order valence-corrected chi connectivity index (χ3v) is 2.55. The van der Waals surface area contributed by atoms with E-state index in [1.54, 1.807) is 24.5 Å². The molecule has 0 saturated heterocycles. The van der Waals surface area contributed by atoms with Gasteiger partial charge in [0.25, 0.3) is 0 Å². The molecule has 4 heteroatoms. The van der Waals surface area contributed by atoms with Crippen molar-refractivity contribution >= 4 is 5.69 Å². The maximum Gasteiger partial charge on any atom is 0.165 e. The second-order valence-electron chi connectivity index (χ2n) is 3.72. The fourth-order valence-electron chi connectivity index (χ4n) is 1.63. The van der Waals surface area contributed by atoms with Gasteiger partial charge in [-0.05, 0) is 29.3 Å². The maximum absolute atomic E-state index is 13.5. The zero-order valence-electron chi connectivity index (χ0n) is 9.48. The third-order valence-electron chi connectivity index (χ3n) is 2.55. The van der Waals surface area contributed by atoms with Gasteiger partial charge >= 0.3 is 0 Å². The summed E-state index contributed by atoms with van der Waals surface area (Å²) in [5.41, 5.74) is 8.19. The molecule has 17 heavy (non-hydrogen) atoms. The standard InChI is InChI=1S/C13H13FN2O/c1-17-13-3-2-9(7-11(13)14)6-10-8-16-5-4-12(10)15/h2-5,7-8H,6H2,1H3,(H2,15,16). The molecule has 2 aromatic rings. The van der Waals surface area contributed by atoms with Gasteiger partial charge in [-0.15, -0.1) is 0 Å². The largest absolute Gasteiger partial charge is 0.494 e. The summed E-state index contributed by atoms with van der Waals surface area (Å²) in [4.78, 5) is 4.00. The lowest BCUT2D eigenvalue weighted by atomic mass is 10.1. The Kier molecular flexibility index (Phi) is 3.23. The van der Waals surface area contributed by atoms with Gasteiger partial charge in [0.05, 0.1) is 7.11 Å². The first-order chi connectivity index (χ1) is 8.20. The molecule has 0 bridgehead atoms. The number of rotatable bonds is 3. The Morgan fingerprint density at radius 3 is 2.82 bits per heavy atom. The molecule has 0 radical (unpaired) electrons. The molecule has 0 aliphatic rings. The summed E-state index contributed by atoms with van der Waals surface area (Å²) in [5.74, 6) is -0.125. The highest BCUT2D eigenvalue weighted by Gasteiger charge is 2.05. The van der Waals surface area contributed by atoms with E-state index in [4.69, 9.17) is 10.5 Å². The fourth-order valence-corrected chi connectivity index (χ4v) is 1.63. The van der Waals surface area contributed by atoms with E-state index in [1.807, 2.05) is 6.07 Å². The lowest BCUT2D eigenvalue weighted by Crippen LogP contribution is -1.97. The molecule has 88 valence electrons. The van der Waals surface area contributed by atoms with Crippen LogP contribution in [0.2, 0.25) is 0 Å². The van der Waals surface area contributed by atoms with Crippen molar-refractivity contribution in [3.63, 3.8) is 0 Å². The van der Waals surface area contributed by atoms with Crippen LogP contribution in [0.25, 0.3) is 0 Å². The van der Waals surface area contributed by atoms with Crippen LogP contribution in [-0.4, -0.2) is 12.1 Å². The minimum atomic E-state index is -0.368. The van der Waals surface area contributed by atoms with Gasteiger partial charge in [-0.3, -0.25) is 4.98 Å². The number of nitrogen functional groups attached to an aromatic ring is 1. The van der Waals surface area contributed by atoms with Gasteiger partial charge < -0.3 is 10.5 Å². The van der Waals surface area contributed by atoms with E-state index in [-0.39, 0.29) is 11.6 Å². The maximum atomic E-state index is 13.5. The number of aromatic nitrogens is 1. The molecule has 3 nitrogen and oxygen atoms in total. The summed E-state index contributed by atoms with van der Waals surface area (Å²) in [5, 5.41) is 0. The SMILES string of the molecule is COc1ccc(Cc2cnccc2N)cc1F. The van der Waals surface area contributed by atoms with Gasteiger partial charge in [-0.25, -0.2) is 4.39 Å². The minimum absolute atomic E-state index is 0.243. The Labute approximate surface area is 99.1 Å². The molecule has 0 unspecified atom stereocenters. The Morgan fingerprint density at radius 2 is 2.18 bits per heavy atom. The summed E-state index contributed by atoms with van der Waals surface area (Å²) < 4.78 is 18.3. The van der Waals surface area contributed by atoms with Crippen LogP contribution in [0.3, 0.4) is 0 Å². The average molecular weight is 232 g/mol. The molecule has 0 spiro atoms. The summed E-state index contributed by atoms with van der Waals surface area (Å²) >= 11 is 0. The van der Waals surface area contributed by atoms with Crippen LogP contribution in [0, 0.1) is 5.82 Å². The molecule has 2 N–H and O–H groups in total. The van der Waals surface area contributed by atoms with E-state index in [1.165, 1.54) is 13.2 Å². The van der Waals surface area contributed by atoms with Crippen molar-refractivity contribution in [1.29, 1.82) is 0 Å². The van der Waals surface area contributed by atoms with E-state index >= 15 is 0 Å². The van der Waals surface area contributed by atoms with Crippen LogP contribution in [0.4, 0.5) is 10.1 Å². The number of nitrogens with two attached hydrogens (primary N) is 1. The zero-order chi connectivity index (χ0) is 12.3. The number of hydrogen-bond donors (Lipinski definition) is 1. The van der Waals surface area contributed by atoms with Crippen molar-refractivity contribution in [2.45, 2.75) is 6.42 Å². The summed E-state index contributed by atoms with van der Waals surface area (Å²) in [7, 11) is 1.44. The topological polar surface area (TPSA) is 48.1 Å². The Morgan fingerprint density at radius 1 is 1.35 bits per heavy atom. The molecule has 2 rings (SSSR count). The minimum Gasteiger partial charge on any atom is -0.494 e. The first kappa shape index (κ1) is 11.4. The number of anilines is 1. The van der Waals surface area contributed by atoms with Crippen LogP contribution >= 0.6 is 0 Å². The van der Waals surface area contributed by atoms with Crippen molar-refractivity contribution in [2.75, 3.05) is 12.8 Å². The lowest BCUT2D eigenvalue weighted by molar-refractivity contribution is 0.386. The van der Waals surface area contributed by atoms with Gasteiger partial charge in [0.1, 0.15) is 0 Å². The number of pyridine rings is 1. The molecular weight excluding hydrogens is 219 g/mol. The summed E-state index contributed by atoms with van der Waals surface area (Å²) in [6, 6.07) is 6.60. The molecule has 0 amide bonds. The van der Waals surface area contributed by atoms with Crippen molar-refractivity contribution in [3.8, 4) is 5.75 Å². The smallest absolute Gasteiger partial charge is 0.165 e. The zero-order valence-corrected chi connectivity index (χ0v) is 9.48. The van der Waals surface area contributed by atoms with E-state index < -0.39 is 0 Å². The van der Waals surface area contributed by atoms with Gasteiger partial charge in [-0.2, -0.15) is 0 Å². The molecular formula is C13H13FN2O. The molecule has 0 atom stereocenters. The average Bonchev–Trinajstić information content (AvgIpc) is 2.32. The van der Waals surface area contributed by atoms with Crippen LogP contribution < -0.4 is 10.5 Å². The monoisotopic (exact) mass is 232 g/mol. The van der Waals surface area contributed by atoms with E-state index in [2.05, 4.69) is 4.98 Å². The van der Waals surface area contributed by atoms with Crippen LogP contribution in [0.5, 0.6) is 5.75 Å². The number of halogens is 1. The third kappa shape index (κ3) is 2.53. The van der Waals surface area contributed by atoms with Crippen molar-refractivity contribution in [2.24, 2.45) is 0 Å². The fraction of sp³-hybridized carbons (Fsp3) is 0.154. The predicted molar refractivity (Wildman–Crippen MR) is 64.4 cm³/mol. The number of nitrogens with zero attached hydrogens (tertiary/aromatic N) is 1. The molecule has 0 aliphatic carbocycles. The first-order valence-corrected chi connectivity index (χ1v) is 5.21. The Bertz CT molecular complexity index is 529. The van der Waals surface area contributed by atoms with Crippen molar-refractivity contribution in [1.82, 2.24) is 4.98 Å². The Hall–Kier alpha value is -2.10. The highest BCUT2D eigenvalue weighted by atomic mass is 19.1. The summed E-state index contributed by atoms with van der Waals surface area (Å²) in [6.07, 6.45) is 3.88. The number of methoxy groups -OCH3 is 1. The van der Waals surface area contributed by atoms with E-state index in [9.17, 15) is 4.39 Å². The normalized spacial score (nSPS) is 10.2. The van der Waals surface area contributed by atoms with Crippen LogP contribution in [0.1, 0.15) is 11.1 Å². The summed E-state index contributed by atoms with van der Waals surface area (Å²) in [6.45, 7) is 0. The molecule has 0 saturated carbocycles. The second-order valence-corrected chi connectivity index (χ2v) is 3.72. The van der Waals surface area contributed by atoms with E-state index in [0.29, 0.717) is 12.1 Å². The predicted octanol–water partition coefficient (Wildman–Crippen LogP) is 2.40. The van der Waals surface area contributed by atoms with Crippen molar-refractivity contribution in [3.05, 3.63) is 53.6 Å². The molecule has 1 heterocycles. The highest BCUT2D eigenvalue weighted by Crippen LogP contribution is 2.21. The Balaban J connectivity index is 2.25. The molecule has 0 aliphatic heterocycles. The number of benzene rings is 1. The van der Waals surface area contributed by atoms with Gasteiger partial charge in [0.15, 0.2) is 11.6 Å². The van der Waals surface area contributed by atoms with Crippen molar-refractivity contribution < 1.29 is 9.13 Å².